The molecular formula is C14H15Cl2N3O2. The van der Waals surface area contributed by atoms with Crippen molar-refractivity contribution in [3.05, 3.63) is 29.3 Å². The van der Waals surface area contributed by atoms with E-state index in [0.29, 0.717) is 17.7 Å². The van der Waals surface area contributed by atoms with E-state index in [-0.39, 0.29) is 11.8 Å². The summed E-state index contributed by atoms with van der Waals surface area (Å²) in [6.07, 6.45) is 0. The van der Waals surface area contributed by atoms with Crippen molar-refractivity contribution in [3.63, 3.8) is 0 Å². The van der Waals surface area contributed by atoms with Crippen molar-refractivity contribution in [1.82, 2.24) is 0 Å². The zero-order chi connectivity index (χ0) is 15.0. The van der Waals surface area contributed by atoms with Crippen LogP contribution in [0.15, 0.2) is 29.4 Å². The smallest absolute Gasteiger partial charge is 0.349 e. The van der Waals surface area contributed by atoms with Crippen LogP contribution in [0.3, 0.4) is 0 Å². The van der Waals surface area contributed by atoms with E-state index in [1.54, 1.807) is 0 Å². The van der Waals surface area contributed by atoms with Crippen LogP contribution < -0.4 is 10.6 Å². The Balaban J connectivity index is 1.56. The number of nitrogens with two attached hydrogens (primary N) is 1. The average molecular weight is 328 g/mol. The number of fused-ring (bicyclic) bond motifs is 1. The number of carbonyl (C=O) groups excluding carboxylic acids is 1. The average Bonchev–Trinajstić information content (AvgIpc) is 2.99. The van der Waals surface area contributed by atoms with E-state index in [4.69, 9.17) is 28.9 Å². The van der Waals surface area contributed by atoms with E-state index < -0.39 is 5.97 Å². The Morgan fingerprint density at radius 3 is 2.52 bits per heavy atom. The third kappa shape index (κ3) is 2.94. The van der Waals surface area contributed by atoms with Gasteiger partial charge in [-0.25, -0.2) is 4.79 Å². The van der Waals surface area contributed by atoms with Crippen LogP contribution >= 0.6 is 23.2 Å². The van der Waals surface area contributed by atoms with Gasteiger partial charge in [-0.05, 0) is 36.1 Å². The van der Waals surface area contributed by atoms with Crippen LogP contribution in [0, 0.1) is 17.8 Å². The molecule has 21 heavy (non-hydrogen) atoms. The number of carbonyl (C=O) groups is 1. The number of benzene rings is 1. The maximum atomic E-state index is 10.9. The minimum atomic E-state index is -0.590. The van der Waals surface area contributed by atoms with Crippen molar-refractivity contribution in [2.24, 2.45) is 28.6 Å². The lowest BCUT2D eigenvalue weighted by Crippen LogP contribution is -2.28. The van der Waals surface area contributed by atoms with Gasteiger partial charge in [0, 0.05) is 29.7 Å². The van der Waals surface area contributed by atoms with Crippen LogP contribution in [-0.4, -0.2) is 30.8 Å². The van der Waals surface area contributed by atoms with E-state index in [1.807, 2.05) is 24.3 Å². The lowest BCUT2D eigenvalue weighted by molar-refractivity contribution is -0.140. The van der Waals surface area contributed by atoms with Crippen molar-refractivity contribution in [2.75, 3.05) is 23.9 Å². The maximum Gasteiger partial charge on any atom is 0.349 e. The number of oxime groups is 1. The summed E-state index contributed by atoms with van der Waals surface area (Å²) in [6.45, 7) is 1.85. The van der Waals surface area contributed by atoms with E-state index in [9.17, 15) is 4.79 Å². The summed E-state index contributed by atoms with van der Waals surface area (Å²) in [5.74, 6) is 0.723. The predicted octanol–water partition coefficient (Wildman–Crippen LogP) is 2.08. The number of hydrogen-bond donors (Lipinski definition) is 1. The van der Waals surface area contributed by atoms with E-state index in [0.717, 1.165) is 23.8 Å². The molecule has 1 aromatic rings. The van der Waals surface area contributed by atoms with Crippen molar-refractivity contribution >= 4 is 40.7 Å². The quantitative estimate of drug-likeness (QED) is 0.302. The molecule has 0 amide bonds. The fourth-order valence-electron chi connectivity index (χ4n) is 3.02. The molecule has 0 radical (unpaired) electrons. The molecule has 1 saturated heterocycles. The summed E-state index contributed by atoms with van der Waals surface area (Å²) in [5, 5.41) is 4.41. The van der Waals surface area contributed by atoms with Crippen molar-refractivity contribution in [2.45, 2.75) is 0 Å². The topological polar surface area (TPSA) is 67.9 Å². The minimum absolute atomic E-state index is 0.205. The summed E-state index contributed by atoms with van der Waals surface area (Å²) in [4.78, 5) is 17.8. The Bertz CT molecular complexity index is 564. The molecule has 5 nitrogen and oxygen atoms in total. The van der Waals surface area contributed by atoms with Gasteiger partial charge in [-0.2, -0.15) is 0 Å². The fourth-order valence-corrected chi connectivity index (χ4v) is 3.19. The van der Waals surface area contributed by atoms with Gasteiger partial charge < -0.3 is 15.5 Å². The first-order valence-electron chi connectivity index (χ1n) is 6.70. The lowest BCUT2D eigenvalue weighted by Gasteiger charge is -2.21. The molecular weight excluding hydrogens is 313 g/mol. The van der Waals surface area contributed by atoms with Gasteiger partial charge >= 0.3 is 5.97 Å². The molecule has 7 heteroatoms. The van der Waals surface area contributed by atoms with Crippen molar-refractivity contribution < 1.29 is 9.63 Å². The number of halogens is 2. The lowest BCUT2D eigenvalue weighted by atomic mass is 10.2. The number of anilines is 1. The molecule has 1 aliphatic carbocycles. The molecule has 1 aliphatic heterocycles. The van der Waals surface area contributed by atoms with Crippen molar-refractivity contribution in [1.29, 1.82) is 0 Å². The second-order valence-electron chi connectivity index (χ2n) is 5.35. The van der Waals surface area contributed by atoms with Crippen LogP contribution in [0.1, 0.15) is 0 Å². The zero-order valence-electron chi connectivity index (χ0n) is 11.2. The molecule has 2 N–H and O–H groups in total. The molecule has 112 valence electrons. The third-order valence-corrected chi connectivity index (χ3v) is 4.56. The second kappa shape index (κ2) is 5.73. The third-order valence-electron chi connectivity index (χ3n) is 4.09. The van der Waals surface area contributed by atoms with Crippen LogP contribution in [0.25, 0.3) is 0 Å². The first kappa shape index (κ1) is 14.5. The van der Waals surface area contributed by atoms with Crippen LogP contribution in [0.4, 0.5) is 5.69 Å². The number of hydrogen-bond acceptors (Lipinski definition) is 4. The second-order valence-corrected chi connectivity index (χ2v) is 6.05. The highest BCUT2D eigenvalue weighted by Gasteiger charge is 2.58. The molecule has 1 saturated carbocycles. The number of amidine groups is 1. The monoisotopic (exact) mass is 327 g/mol. The maximum absolute atomic E-state index is 10.9. The number of alkyl halides is 1. The molecule has 1 aromatic carbocycles. The van der Waals surface area contributed by atoms with Gasteiger partial charge in [0.1, 0.15) is 11.7 Å². The fraction of sp³-hybridized carbons (Fsp3) is 0.429. The number of nitrogens with zero attached hydrogens (tertiary/aromatic N) is 2. The Labute approximate surface area is 132 Å². The zero-order valence-corrected chi connectivity index (χ0v) is 12.7. The molecule has 2 unspecified atom stereocenters. The summed E-state index contributed by atoms with van der Waals surface area (Å²) in [7, 11) is 0. The number of rotatable bonds is 4. The highest BCUT2D eigenvalue weighted by Crippen LogP contribution is 2.52. The normalized spacial score (nSPS) is 27.4. The summed E-state index contributed by atoms with van der Waals surface area (Å²) in [6, 6.07) is 7.81. The molecule has 0 aromatic heterocycles. The van der Waals surface area contributed by atoms with Gasteiger partial charge in [-0.15, -0.1) is 11.6 Å². The first-order chi connectivity index (χ1) is 10.1. The van der Waals surface area contributed by atoms with Gasteiger partial charge in [0.2, 0.25) is 0 Å². The molecule has 0 bridgehead atoms. The van der Waals surface area contributed by atoms with E-state index in [1.165, 1.54) is 0 Å². The van der Waals surface area contributed by atoms with Crippen LogP contribution in [-0.2, 0) is 9.63 Å². The Morgan fingerprint density at radius 2 is 1.95 bits per heavy atom. The van der Waals surface area contributed by atoms with Crippen LogP contribution in [0.5, 0.6) is 0 Å². The number of piperidine rings is 1. The summed E-state index contributed by atoms with van der Waals surface area (Å²) < 4.78 is 0. The van der Waals surface area contributed by atoms with Gasteiger partial charge in [-0.3, -0.25) is 0 Å². The highest BCUT2D eigenvalue weighted by atomic mass is 35.5. The first-order valence-corrected chi connectivity index (χ1v) is 7.61. The largest absolute Gasteiger partial charge is 0.384 e. The highest BCUT2D eigenvalue weighted by molar-refractivity contribution is 6.30. The predicted molar refractivity (Wildman–Crippen MR) is 82.6 cm³/mol. The van der Waals surface area contributed by atoms with Gasteiger partial charge in [0.05, 0.1) is 0 Å². The minimum Gasteiger partial charge on any atom is -0.384 e. The van der Waals surface area contributed by atoms with E-state index in [2.05, 4.69) is 14.9 Å². The summed E-state index contributed by atoms with van der Waals surface area (Å²) >= 11 is 11.2. The van der Waals surface area contributed by atoms with Gasteiger partial charge in [0.15, 0.2) is 0 Å². The molecule has 2 fully saturated rings. The molecule has 2 aliphatic rings. The molecule has 0 spiro atoms. The Hall–Kier alpha value is -1.46. The standard InChI is InChI=1S/C14H15Cl2N3O2/c15-5-12(20)21-18-14(17)13-10-6-19(7-11(10)13)9-3-1-8(16)2-4-9/h1-4,10-11,13H,5-7H2,(H2,17,18). The van der Waals surface area contributed by atoms with E-state index >= 15 is 0 Å². The van der Waals surface area contributed by atoms with Crippen LogP contribution in [0.2, 0.25) is 5.02 Å². The summed E-state index contributed by atoms with van der Waals surface area (Å²) in [5.41, 5.74) is 7.03. The van der Waals surface area contributed by atoms with Crippen molar-refractivity contribution in [3.8, 4) is 0 Å². The van der Waals surface area contributed by atoms with Gasteiger partial charge in [-0.1, -0.05) is 16.8 Å². The molecule has 1 heterocycles. The Morgan fingerprint density at radius 1 is 1.33 bits per heavy atom. The SMILES string of the molecule is N/C(=N\OC(=O)CCl)C1C2CN(c3ccc(Cl)cc3)CC21. The molecule has 2 atom stereocenters. The Kier molecular flexibility index (Phi) is 3.95. The molecule has 3 rings (SSSR count). The van der Waals surface area contributed by atoms with Gasteiger partial charge in [0.25, 0.3) is 0 Å².